The quantitative estimate of drug-likeness (QED) is 0.218. The molecule has 4 N–H and O–H groups in total. The highest BCUT2D eigenvalue weighted by Gasteiger charge is 2.37. The molecule has 1 fully saturated rings. The third-order valence-electron chi connectivity index (χ3n) is 6.75. The maximum atomic E-state index is 13.0. The molecule has 14 heteroatoms. The number of benzene rings is 2. The number of aromatic nitrogens is 1. The molecule has 3 aromatic rings. The van der Waals surface area contributed by atoms with Crippen molar-refractivity contribution in [2.24, 2.45) is 0 Å². The molecule has 232 valence electrons. The van der Waals surface area contributed by atoms with E-state index >= 15 is 0 Å². The lowest BCUT2D eigenvalue weighted by atomic mass is 10.2. The average Bonchev–Trinajstić information content (AvgIpc) is 3.44. The number of anilines is 1. The number of carboxylic acids is 1. The summed E-state index contributed by atoms with van der Waals surface area (Å²) in [6.07, 6.45) is 1.06. The fourth-order valence-electron chi connectivity index (χ4n) is 4.51. The molecule has 44 heavy (non-hydrogen) atoms. The molecule has 0 saturated carbocycles. The van der Waals surface area contributed by atoms with E-state index in [0.29, 0.717) is 18.8 Å². The molecule has 2 heterocycles. The monoisotopic (exact) mass is 643 g/mol. The van der Waals surface area contributed by atoms with Gasteiger partial charge in [0.25, 0.3) is 5.91 Å². The SMILES string of the molecule is O=C(CO[C@@H]1C[C@@H](CNc2ccccn2)N(C(=O)OCc2ccccc2)C1)NC[C@H](NC(=O)c1c(Cl)cccc1Cl)C(=O)O. The number of carboxylic acid groups (broad SMARTS) is 1. The number of likely N-dealkylation sites (tertiary alicyclic amines) is 1. The molecule has 3 atom stereocenters. The molecule has 1 aromatic heterocycles. The Balaban J connectivity index is 1.29. The van der Waals surface area contributed by atoms with E-state index < -0.39 is 49.2 Å². The van der Waals surface area contributed by atoms with E-state index in [1.165, 1.54) is 12.1 Å². The van der Waals surface area contributed by atoms with Gasteiger partial charge in [0.2, 0.25) is 5.91 Å². The Morgan fingerprint density at radius 3 is 2.41 bits per heavy atom. The number of aliphatic carboxylic acids is 1. The summed E-state index contributed by atoms with van der Waals surface area (Å²) < 4.78 is 11.3. The largest absolute Gasteiger partial charge is 0.480 e. The Labute approximate surface area is 263 Å². The lowest BCUT2D eigenvalue weighted by Gasteiger charge is -2.24. The van der Waals surface area contributed by atoms with Gasteiger partial charge in [-0.05, 0) is 36.2 Å². The van der Waals surface area contributed by atoms with Gasteiger partial charge in [0.15, 0.2) is 0 Å². The fourth-order valence-corrected chi connectivity index (χ4v) is 5.08. The summed E-state index contributed by atoms with van der Waals surface area (Å²) in [5.74, 6) is -2.12. The van der Waals surface area contributed by atoms with Crippen molar-refractivity contribution in [3.8, 4) is 0 Å². The maximum Gasteiger partial charge on any atom is 0.410 e. The van der Waals surface area contributed by atoms with E-state index in [-0.39, 0.29) is 34.8 Å². The van der Waals surface area contributed by atoms with Gasteiger partial charge < -0.3 is 35.4 Å². The van der Waals surface area contributed by atoms with Crippen LogP contribution in [0.1, 0.15) is 22.3 Å². The van der Waals surface area contributed by atoms with Crippen molar-refractivity contribution in [2.75, 3.05) is 31.6 Å². The summed E-state index contributed by atoms with van der Waals surface area (Å²) in [6, 6.07) is 17.4. The number of halogens is 2. The second-order valence-corrected chi connectivity index (χ2v) is 10.7. The molecule has 0 aliphatic carbocycles. The molecular formula is C30H31Cl2N5O7. The molecule has 12 nitrogen and oxygen atoms in total. The Morgan fingerprint density at radius 2 is 1.73 bits per heavy atom. The molecule has 4 rings (SSSR count). The molecule has 0 radical (unpaired) electrons. The second kappa shape index (κ2) is 15.9. The molecule has 1 saturated heterocycles. The van der Waals surface area contributed by atoms with Crippen molar-refractivity contribution in [1.29, 1.82) is 0 Å². The Bertz CT molecular complexity index is 1430. The summed E-state index contributed by atoms with van der Waals surface area (Å²) in [6.45, 7) is -0.144. The number of ether oxygens (including phenoxy) is 2. The lowest BCUT2D eigenvalue weighted by molar-refractivity contribution is -0.139. The van der Waals surface area contributed by atoms with Crippen LogP contribution in [0.15, 0.2) is 72.9 Å². The van der Waals surface area contributed by atoms with Crippen LogP contribution in [0, 0.1) is 0 Å². The van der Waals surface area contributed by atoms with E-state index in [1.807, 2.05) is 36.4 Å². The van der Waals surface area contributed by atoms with Crippen LogP contribution < -0.4 is 16.0 Å². The summed E-state index contributed by atoms with van der Waals surface area (Å²) in [7, 11) is 0. The van der Waals surface area contributed by atoms with Crippen molar-refractivity contribution < 1.29 is 33.8 Å². The smallest absolute Gasteiger partial charge is 0.410 e. The van der Waals surface area contributed by atoms with Crippen LogP contribution in [-0.4, -0.2) is 83.3 Å². The molecule has 3 amide bonds. The third kappa shape index (κ3) is 9.30. The number of nitrogens with one attached hydrogen (secondary N) is 3. The van der Waals surface area contributed by atoms with Gasteiger partial charge in [0, 0.05) is 19.3 Å². The fraction of sp³-hybridized carbons (Fsp3) is 0.300. The number of amides is 3. The van der Waals surface area contributed by atoms with Gasteiger partial charge in [0.05, 0.1) is 34.3 Å². The van der Waals surface area contributed by atoms with E-state index in [1.54, 1.807) is 29.3 Å². The summed E-state index contributed by atoms with van der Waals surface area (Å²) in [5, 5.41) is 17.6. The normalized spacial score (nSPS) is 16.5. The van der Waals surface area contributed by atoms with Crippen LogP contribution in [0.5, 0.6) is 0 Å². The number of hydrogen-bond acceptors (Lipinski definition) is 8. The van der Waals surface area contributed by atoms with Gasteiger partial charge in [-0.15, -0.1) is 0 Å². The van der Waals surface area contributed by atoms with Crippen LogP contribution in [0.2, 0.25) is 10.0 Å². The predicted molar refractivity (Wildman–Crippen MR) is 163 cm³/mol. The van der Waals surface area contributed by atoms with Crippen LogP contribution in [-0.2, 0) is 25.7 Å². The number of carbonyl (C=O) groups excluding carboxylic acids is 3. The average molecular weight is 645 g/mol. The first-order chi connectivity index (χ1) is 21.2. The third-order valence-corrected chi connectivity index (χ3v) is 7.38. The predicted octanol–water partition coefficient (Wildman–Crippen LogP) is 3.60. The van der Waals surface area contributed by atoms with Crippen molar-refractivity contribution in [3.05, 3.63) is 94.1 Å². The van der Waals surface area contributed by atoms with Crippen molar-refractivity contribution in [3.63, 3.8) is 0 Å². The van der Waals surface area contributed by atoms with Gasteiger partial charge in [-0.25, -0.2) is 14.6 Å². The van der Waals surface area contributed by atoms with Gasteiger partial charge in [-0.3, -0.25) is 9.59 Å². The zero-order valence-electron chi connectivity index (χ0n) is 23.4. The van der Waals surface area contributed by atoms with E-state index in [0.717, 1.165) is 5.56 Å². The summed E-state index contributed by atoms with van der Waals surface area (Å²) in [4.78, 5) is 55.7. The minimum absolute atomic E-state index is 0.0552. The molecule has 0 unspecified atom stereocenters. The van der Waals surface area contributed by atoms with Gasteiger partial charge in [-0.1, -0.05) is 65.7 Å². The first-order valence-corrected chi connectivity index (χ1v) is 14.4. The number of nitrogens with zero attached hydrogens (tertiary/aromatic N) is 2. The first-order valence-electron chi connectivity index (χ1n) is 13.7. The second-order valence-electron chi connectivity index (χ2n) is 9.88. The minimum atomic E-state index is -1.46. The first kappa shape index (κ1) is 32.5. The highest BCUT2D eigenvalue weighted by molar-refractivity contribution is 6.39. The number of hydrogen-bond donors (Lipinski definition) is 4. The highest BCUT2D eigenvalue weighted by atomic mass is 35.5. The molecule has 0 bridgehead atoms. The summed E-state index contributed by atoms with van der Waals surface area (Å²) >= 11 is 12.1. The molecule has 2 aromatic carbocycles. The van der Waals surface area contributed by atoms with E-state index in [9.17, 15) is 24.3 Å². The Morgan fingerprint density at radius 1 is 1.00 bits per heavy atom. The van der Waals surface area contributed by atoms with Gasteiger partial charge >= 0.3 is 12.1 Å². The molecule has 0 spiro atoms. The van der Waals surface area contributed by atoms with Crippen molar-refractivity contribution in [1.82, 2.24) is 20.5 Å². The molecular weight excluding hydrogens is 613 g/mol. The minimum Gasteiger partial charge on any atom is -0.480 e. The standard InChI is InChI=1S/C30H31Cl2N5O7/c31-22-9-6-10-23(32)27(22)28(39)36-24(29(40)41)15-35-26(38)18-43-21-13-20(14-34-25-11-4-5-12-33-25)37(16-21)30(42)44-17-19-7-2-1-3-8-19/h1-12,20-21,24H,13-18H2,(H,33,34)(H,35,38)(H,36,39)(H,40,41)/t20-,21+,24-/m0/s1. The van der Waals surface area contributed by atoms with E-state index in [2.05, 4.69) is 20.9 Å². The lowest BCUT2D eigenvalue weighted by Crippen LogP contribution is -2.49. The van der Waals surface area contributed by atoms with E-state index in [4.69, 9.17) is 32.7 Å². The van der Waals surface area contributed by atoms with Crippen LogP contribution >= 0.6 is 23.2 Å². The van der Waals surface area contributed by atoms with Gasteiger partial charge in [0.1, 0.15) is 25.1 Å². The Hall–Kier alpha value is -4.39. The zero-order valence-corrected chi connectivity index (χ0v) is 25.0. The van der Waals surface area contributed by atoms with Crippen molar-refractivity contribution >= 4 is 52.9 Å². The number of pyridine rings is 1. The van der Waals surface area contributed by atoms with Crippen molar-refractivity contribution in [2.45, 2.75) is 31.2 Å². The van der Waals surface area contributed by atoms with Crippen LogP contribution in [0.4, 0.5) is 10.6 Å². The Kier molecular flexibility index (Phi) is 11.8. The number of carbonyl (C=O) groups is 4. The molecule has 1 aliphatic heterocycles. The van der Waals surface area contributed by atoms with Crippen LogP contribution in [0.3, 0.4) is 0 Å². The number of rotatable bonds is 13. The highest BCUT2D eigenvalue weighted by Crippen LogP contribution is 2.24. The summed E-state index contributed by atoms with van der Waals surface area (Å²) in [5.41, 5.74) is 0.774. The van der Waals surface area contributed by atoms with Gasteiger partial charge in [-0.2, -0.15) is 0 Å². The topological polar surface area (TPSA) is 159 Å². The molecule has 1 aliphatic rings. The van der Waals surface area contributed by atoms with Crippen LogP contribution in [0.25, 0.3) is 0 Å². The maximum absolute atomic E-state index is 13.0. The zero-order chi connectivity index (χ0) is 31.5.